The van der Waals surface area contributed by atoms with E-state index in [0.29, 0.717) is 35.5 Å². The van der Waals surface area contributed by atoms with E-state index in [2.05, 4.69) is 24.1 Å². The quantitative estimate of drug-likeness (QED) is 0.402. The molecule has 1 aromatic carbocycles. The molecule has 7 heteroatoms. The molecule has 0 bridgehead atoms. The zero-order chi connectivity index (χ0) is 21.4. The van der Waals surface area contributed by atoms with Crippen LogP contribution in [0, 0.1) is 5.92 Å². The van der Waals surface area contributed by atoms with Crippen LogP contribution >= 0.6 is 0 Å². The molecular formula is C23H27N3O4. The number of anilines is 2. The summed E-state index contributed by atoms with van der Waals surface area (Å²) in [5.41, 5.74) is 3.59. The first kappa shape index (κ1) is 20.4. The zero-order valence-corrected chi connectivity index (χ0v) is 17.4. The second-order valence-electron chi connectivity index (χ2n) is 8.28. The van der Waals surface area contributed by atoms with Crippen molar-refractivity contribution in [2.45, 2.75) is 45.4 Å². The molecule has 3 N–H and O–H groups in total. The van der Waals surface area contributed by atoms with Gasteiger partial charge < -0.3 is 24.8 Å². The number of aliphatic hydroxyl groups excluding tert-OH is 1. The Morgan fingerprint density at radius 2 is 2.03 bits per heavy atom. The maximum atomic E-state index is 12.3. The van der Waals surface area contributed by atoms with Crippen molar-refractivity contribution in [3.8, 4) is 0 Å². The number of pyridine rings is 1. The van der Waals surface area contributed by atoms with Crippen LogP contribution < -0.4 is 5.32 Å². The average Bonchev–Trinajstić information content (AvgIpc) is 3.50. The predicted molar refractivity (Wildman–Crippen MR) is 115 cm³/mol. The standard InChI is InChI=1S/C23H27N3O4/c1-13(2)12-26-19-7-6-17(8-15(19)10-20(26)22(27)28)25-21-18(23(29)30-3)9-16(11-24-21)14-4-5-14/h6-11,13-14,22,27-28H,4-5,12H2,1-3H3,(H,24,25). The number of nitrogens with one attached hydrogen (secondary N) is 1. The molecule has 4 rings (SSSR count). The number of hydrogen-bond acceptors (Lipinski definition) is 6. The first-order chi connectivity index (χ1) is 14.4. The molecule has 1 fully saturated rings. The number of benzene rings is 1. The highest BCUT2D eigenvalue weighted by Crippen LogP contribution is 2.40. The number of fused-ring (bicyclic) bond motifs is 1. The van der Waals surface area contributed by atoms with Gasteiger partial charge in [0.15, 0.2) is 6.29 Å². The smallest absolute Gasteiger partial charge is 0.341 e. The molecule has 0 spiro atoms. The van der Waals surface area contributed by atoms with Crippen LogP contribution in [0.2, 0.25) is 0 Å². The van der Waals surface area contributed by atoms with Gasteiger partial charge in [-0.1, -0.05) is 13.8 Å². The summed E-state index contributed by atoms with van der Waals surface area (Å²) >= 11 is 0. The molecule has 0 unspecified atom stereocenters. The highest BCUT2D eigenvalue weighted by molar-refractivity contribution is 5.96. The molecule has 1 aliphatic rings. The van der Waals surface area contributed by atoms with Crippen molar-refractivity contribution in [1.82, 2.24) is 9.55 Å². The monoisotopic (exact) mass is 409 g/mol. The summed E-state index contributed by atoms with van der Waals surface area (Å²) in [6.45, 7) is 4.85. The van der Waals surface area contributed by atoms with Gasteiger partial charge in [0.2, 0.25) is 0 Å². The van der Waals surface area contributed by atoms with Crippen molar-refractivity contribution in [2.24, 2.45) is 5.92 Å². The van der Waals surface area contributed by atoms with Gasteiger partial charge in [-0.25, -0.2) is 9.78 Å². The van der Waals surface area contributed by atoms with Crippen molar-refractivity contribution >= 4 is 28.4 Å². The third-order valence-corrected chi connectivity index (χ3v) is 5.37. The Morgan fingerprint density at radius 3 is 2.67 bits per heavy atom. The lowest BCUT2D eigenvalue weighted by Crippen LogP contribution is -2.10. The summed E-state index contributed by atoms with van der Waals surface area (Å²) in [6, 6.07) is 9.37. The largest absolute Gasteiger partial charge is 0.465 e. The van der Waals surface area contributed by atoms with Crippen molar-refractivity contribution in [1.29, 1.82) is 0 Å². The molecule has 0 atom stereocenters. The number of nitrogens with zero attached hydrogens (tertiary/aromatic N) is 2. The van der Waals surface area contributed by atoms with Crippen molar-refractivity contribution in [3.05, 3.63) is 53.3 Å². The number of hydrogen-bond donors (Lipinski definition) is 3. The number of aliphatic hydroxyl groups is 2. The maximum Gasteiger partial charge on any atom is 0.341 e. The van der Waals surface area contributed by atoms with Gasteiger partial charge in [-0.15, -0.1) is 0 Å². The third-order valence-electron chi connectivity index (χ3n) is 5.37. The number of ether oxygens (including phenoxy) is 1. The topological polar surface area (TPSA) is 96.6 Å². The minimum Gasteiger partial charge on any atom is -0.465 e. The van der Waals surface area contributed by atoms with E-state index in [9.17, 15) is 15.0 Å². The summed E-state index contributed by atoms with van der Waals surface area (Å²) in [7, 11) is 1.36. The number of aromatic nitrogens is 2. The number of carbonyl (C=O) groups is 1. The summed E-state index contributed by atoms with van der Waals surface area (Å²) in [4.78, 5) is 16.8. The van der Waals surface area contributed by atoms with Crippen molar-refractivity contribution in [2.75, 3.05) is 12.4 Å². The van der Waals surface area contributed by atoms with Gasteiger partial charge in [-0.2, -0.15) is 0 Å². The van der Waals surface area contributed by atoms with Gasteiger partial charge in [-0.3, -0.25) is 0 Å². The van der Waals surface area contributed by atoms with Crippen LogP contribution in [-0.2, 0) is 11.3 Å². The molecule has 1 aliphatic carbocycles. The molecule has 0 aliphatic heterocycles. The normalized spacial score (nSPS) is 14.0. The number of carbonyl (C=O) groups excluding carboxylic acids is 1. The molecule has 0 radical (unpaired) electrons. The second kappa shape index (κ2) is 8.08. The SMILES string of the molecule is COC(=O)c1cc(C2CC2)cnc1Nc1ccc2c(c1)cc(C(O)O)n2CC(C)C. The first-order valence-electron chi connectivity index (χ1n) is 10.2. The molecule has 0 amide bonds. The lowest BCUT2D eigenvalue weighted by atomic mass is 10.1. The van der Waals surface area contributed by atoms with E-state index in [0.717, 1.165) is 35.0 Å². The van der Waals surface area contributed by atoms with Gasteiger partial charge >= 0.3 is 5.97 Å². The van der Waals surface area contributed by atoms with Crippen LogP contribution in [0.3, 0.4) is 0 Å². The highest BCUT2D eigenvalue weighted by Gasteiger charge is 2.26. The molecular weight excluding hydrogens is 382 g/mol. The minimum atomic E-state index is -1.55. The molecule has 7 nitrogen and oxygen atoms in total. The number of methoxy groups -OCH3 is 1. The van der Waals surface area contributed by atoms with E-state index in [1.54, 1.807) is 6.07 Å². The Bertz CT molecular complexity index is 1080. The fourth-order valence-corrected chi connectivity index (χ4v) is 3.78. The second-order valence-corrected chi connectivity index (χ2v) is 8.28. The van der Waals surface area contributed by atoms with E-state index < -0.39 is 12.3 Å². The van der Waals surface area contributed by atoms with Crippen molar-refractivity contribution < 1.29 is 19.7 Å². The van der Waals surface area contributed by atoms with E-state index in [-0.39, 0.29) is 0 Å². The van der Waals surface area contributed by atoms with Gasteiger partial charge in [-0.05, 0) is 60.6 Å². The minimum absolute atomic E-state index is 0.354. The molecule has 1 saturated carbocycles. The molecule has 2 aromatic heterocycles. The van der Waals surface area contributed by atoms with Gasteiger partial charge in [0.05, 0.1) is 12.8 Å². The van der Waals surface area contributed by atoms with Gasteiger partial charge in [0, 0.05) is 29.3 Å². The Kier molecular flexibility index (Phi) is 5.49. The lowest BCUT2D eigenvalue weighted by molar-refractivity contribution is -0.0483. The van der Waals surface area contributed by atoms with Gasteiger partial charge in [0.1, 0.15) is 11.4 Å². The van der Waals surface area contributed by atoms with Crippen LogP contribution in [-0.4, -0.2) is 32.8 Å². The maximum absolute atomic E-state index is 12.3. The van der Waals surface area contributed by atoms with E-state index in [4.69, 9.17) is 4.74 Å². The van der Waals surface area contributed by atoms with Crippen LogP contribution in [0.5, 0.6) is 0 Å². The Morgan fingerprint density at radius 1 is 1.27 bits per heavy atom. The number of esters is 1. The van der Waals surface area contributed by atoms with Crippen LogP contribution in [0.1, 0.15) is 60.5 Å². The zero-order valence-electron chi connectivity index (χ0n) is 17.4. The Balaban J connectivity index is 1.70. The van der Waals surface area contributed by atoms with E-state index in [1.807, 2.05) is 35.0 Å². The third kappa shape index (κ3) is 4.04. The fraction of sp³-hybridized carbons (Fsp3) is 0.391. The number of rotatable bonds is 7. The highest BCUT2D eigenvalue weighted by atomic mass is 16.5. The average molecular weight is 409 g/mol. The summed E-state index contributed by atoms with van der Waals surface area (Å²) in [5, 5.41) is 23.7. The Hall–Kier alpha value is -2.90. The molecule has 0 saturated heterocycles. The molecule has 3 aromatic rings. The molecule has 158 valence electrons. The fourth-order valence-electron chi connectivity index (χ4n) is 3.78. The molecule has 2 heterocycles. The summed E-state index contributed by atoms with van der Waals surface area (Å²) in [5.74, 6) is 0.847. The van der Waals surface area contributed by atoms with Crippen LogP contribution in [0.25, 0.3) is 10.9 Å². The predicted octanol–water partition coefficient (Wildman–Crippen LogP) is 4.08. The van der Waals surface area contributed by atoms with Gasteiger partial charge in [0.25, 0.3) is 0 Å². The van der Waals surface area contributed by atoms with E-state index in [1.165, 1.54) is 7.11 Å². The lowest BCUT2D eigenvalue weighted by Gasteiger charge is -2.14. The Labute approximate surface area is 175 Å². The van der Waals surface area contributed by atoms with Crippen LogP contribution in [0.4, 0.5) is 11.5 Å². The van der Waals surface area contributed by atoms with Crippen LogP contribution in [0.15, 0.2) is 36.5 Å². The molecule has 30 heavy (non-hydrogen) atoms. The summed E-state index contributed by atoms with van der Waals surface area (Å²) < 4.78 is 6.87. The first-order valence-corrected chi connectivity index (χ1v) is 10.2. The van der Waals surface area contributed by atoms with Crippen molar-refractivity contribution in [3.63, 3.8) is 0 Å². The van der Waals surface area contributed by atoms with E-state index >= 15 is 0 Å². The summed E-state index contributed by atoms with van der Waals surface area (Å²) in [6.07, 6.45) is 2.51.